The van der Waals surface area contributed by atoms with Crippen LogP contribution in [0.4, 0.5) is 5.69 Å². The Morgan fingerprint density at radius 1 is 1.00 bits per heavy atom. The van der Waals surface area contributed by atoms with Crippen molar-refractivity contribution in [1.82, 2.24) is 9.97 Å². The van der Waals surface area contributed by atoms with Gasteiger partial charge in [-0.05, 0) is 36.4 Å². The number of furan rings is 1. The van der Waals surface area contributed by atoms with Crippen molar-refractivity contribution in [3.8, 4) is 11.3 Å². The number of nitrogens with one attached hydrogen (secondary N) is 1. The maximum Gasteiger partial charge on any atom is 0.291 e. The van der Waals surface area contributed by atoms with E-state index in [9.17, 15) is 4.79 Å². The standard InChI is InChI=1S/C15H11N3O2/c19-15(18-12-4-2-8-17-10-12)14-6-5-13(20-14)11-3-1-7-16-9-11/h1-10H,(H,18,19). The van der Waals surface area contributed by atoms with Gasteiger partial charge in [0.15, 0.2) is 5.76 Å². The third-order valence-corrected chi connectivity index (χ3v) is 2.70. The predicted octanol–water partition coefficient (Wildman–Crippen LogP) is 2.99. The van der Waals surface area contributed by atoms with E-state index in [2.05, 4.69) is 15.3 Å². The Kier molecular flexibility index (Phi) is 3.24. The Balaban J connectivity index is 1.79. The molecule has 1 amide bonds. The number of hydrogen-bond acceptors (Lipinski definition) is 4. The number of pyridine rings is 2. The summed E-state index contributed by atoms with van der Waals surface area (Å²) in [6.45, 7) is 0. The van der Waals surface area contributed by atoms with E-state index in [0.717, 1.165) is 5.56 Å². The lowest BCUT2D eigenvalue weighted by molar-refractivity contribution is 0.0997. The summed E-state index contributed by atoms with van der Waals surface area (Å²) < 4.78 is 5.53. The monoisotopic (exact) mass is 265 g/mol. The molecular weight excluding hydrogens is 254 g/mol. The van der Waals surface area contributed by atoms with Crippen LogP contribution in [0.15, 0.2) is 65.6 Å². The Hall–Kier alpha value is -2.95. The predicted molar refractivity (Wildman–Crippen MR) is 74.1 cm³/mol. The SMILES string of the molecule is O=C(Nc1cccnc1)c1ccc(-c2cccnc2)o1. The van der Waals surface area contributed by atoms with Crippen LogP contribution < -0.4 is 5.32 Å². The second-order valence-electron chi connectivity index (χ2n) is 4.10. The van der Waals surface area contributed by atoms with Crippen molar-refractivity contribution in [3.63, 3.8) is 0 Å². The minimum absolute atomic E-state index is 0.243. The number of carbonyl (C=O) groups is 1. The second kappa shape index (κ2) is 5.36. The highest BCUT2D eigenvalue weighted by molar-refractivity contribution is 6.02. The highest BCUT2D eigenvalue weighted by atomic mass is 16.3. The van der Waals surface area contributed by atoms with Gasteiger partial charge in [-0.15, -0.1) is 0 Å². The van der Waals surface area contributed by atoms with Gasteiger partial charge in [-0.25, -0.2) is 0 Å². The first kappa shape index (κ1) is 12.1. The quantitative estimate of drug-likeness (QED) is 0.790. The van der Waals surface area contributed by atoms with Crippen LogP contribution >= 0.6 is 0 Å². The van der Waals surface area contributed by atoms with E-state index in [1.807, 2.05) is 12.1 Å². The van der Waals surface area contributed by atoms with Crippen LogP contribution in [0.1, 0.15) is 10.6 Å². The van der Waals surface area contributed by atoms with E-state index < -0.39 is 0 Å². The van der Waals surface area contributed by atoms with Gasteiger partial charge in [0.25, 0.3) is 5.91 Å². The Labute approximate surface area is 115 Å². The molecule has 0 atom stereocenters. The maximum absolute atomic E-state index is 12.0. The molecule has 0 aliphatic rings. The number of hydrogen-bond donors (Lipinski definition) is 1. The Bertz CT molecular complexity index is 708. The Morgan fingerprint density at radius 2 is 1.80 bits per heavy atom. The maximum atomic E-state index is 12.0. The second-order valence-corrected chi connectivity index (χ2v) is 4.10. The molecule has 20 heavy (non-hydrogen) atoms. The topological polar surface area (TPSA) is 68.0 Å². The van der Waals surface area contributed by atoms with Crippen molar-refractivity contribution in [2.45, 2.75) is 0 Å². The molecule has 0 aromatic carbocycles. The molecule has 1 N–H and O–H groups in total. The normalized spacial score (nSPS) is 10.2. The lowest BCUT2D eigenvalue weighted by Crippen LogP contribution is -2.10. The minimum Gasteiger partial charge on any atom is -0.451 e. The molecule has 3 aromatic rings. The van der Waals surface area contributed by atoms with Crippen LogP contribution in [0.5, 0.6) is 0 Å². The third-order valence-electron chi connectivity index (χ3n) is 2.70. The smallest absolute Gasteiger partial charge is 0.291 e. The van der Waals surface area contributed by atoms with Gasteiger partial charge in [0.05, 0.1) is 11.9 Å². The number of amides is 1. The molecule has 0 saturated heterocycles. The molecule has 0 aliphatic carbocycles. The molecule has 3 rings (SSSR count). The largest absolute Gasteiger partial charge is 0.451 e. The highest BCUT2D eigenvalue weighted by Gasteiger charge is 2.12. The van der Waals surface area contributed by atoms with Crippen LogP contribution in [0, 0.1) is 0 Å². The van der Waals surface area contributed by atoms with Crippen LogP contribution in [-0.4, -0.2) is 15.9 Å². The molecule has 3 aromatic heterocycles. The summed E-state index contributed by atoms with van der Waals surface area (Å²) in [4.78, 5) is 20.0. The molecule has 3 heterocycles. The first-order valence-electron chi connectivity index (χ1n) is 6.04. The van der Waals surface area contributed by atoms with Crippen molar-refractivity contribution in [2.75, 3.05) is 5.32 Å². The van der Waals surface area contributed by atoms with Crippen LogP contribution in [-0.2, 0) is 0 Å². The van der Waals surface area contributed by atoms with Crippen molar-refractivity contribution in [1.29, 1.82) is 0 Å². The molecule has 0 saturated carbocycles. The van der Waals surface area contributed by atoms with Crippen LogP contribution in [0.3, 0.4) is 0 Å². The van der Waals surface area contributed by atoms with Crippen molar-refractivity contribution in [2.24, 2.45) is 0 Å². The zero-order valence-electron chi connectivity index (χ0n) is 10.5. The highest BCUT2D eigenvalue weighted by Crippen LogP contribution is 2.21. The van der Waals surface area contributed by atoms with Gasteiger partial charge in [-0.2, -0.15) is 0 Å². The van der Waals surface area contributed by atoms with Crippen LogP contribution in [0.2, 0.25) is 0 Å². The van der Waals surface area contributed by atoms with Gasteiger partial charge < -0.3 is 9.73 Å². The van der Waals surface area contributed by atoms with E-state index in [1.54, 1.807) is 49.1 Å². The summed E-state index contributed by atoms with van der Waals surface area (Å²) in [6, 6.07) is 10.6. The summed E-state index contributed by atoms with van der Waals surface area (Å²) in [5, 5.41) is 2.71. The molecular formula is C15H11N3O2. The number of rotatable bonds is 3. The molecule has 5 heteroatoms. The molecule has 0 aliphatic heterocycles. The third kappa shape index (κ3) is 2.56. The van der Waals surface area contributed by atoms with E-state index in [-0.39, 0.29) is 11.7 Å². The van der Waals surface area contributed by atoms with E-state index in [1.165, 1.54) is 0 Å². The first-order chi connectivity index (χ1) is 9.83. The van der Waals surface area contributed by atoms with E-state index >= 15 is 0 Å². The Morgan fingerprint density at radius 3 is 2.50 bits per heavy atom. The zero-order valence-corrected chi connectivity index (χ0v) is 10.5. The zero-order chi connectivity index (χ0) is 13.8. The van der Waals surface area contributed by atoms with Gasteiger partial charge in [0.2, 0.25) is 0 Å². The average Bonchev–Trinajstić information content (AvgIpc) is 2.99. The molecule has 0 fully saturated rings. The number of anilines is 1. The number of nitrogens with zero attached hydrogens (tertiary/aromatic N) is 2. The lowest BCUT2D eigenvalue weighted by Gasteiger charge is -2.01. The lowest BCUT2D eigenvalue weighted by atomic mass is 10.2. The van der Waals surface area contributed by atoms with Gasteiger partial charge in [-0.1, -0.05) is 0 Å². The van der Waals surface area contributed by atoms with Gasteiger partial charge in [0.1, 0.15) is 5.76 Å². The fraction of sp³-hybridized carbons (Fsp3) is 0. The summed E-state index contributed by atoms with van der Waals surface area (Å²) in [7, 11) is 0. The number of carbonyl (C=O) groups excluding carboxylic acids is 1. The molecule has 0 unspecified atom stereocenters. The van der Waals surface area contributed by atoms with Crippen LogP contribution in [0.25, 0.3) is 11.3 Å². The first-order valence-corrected chi connectivity index (χ1v) is 6.04. The van der Waals surface area contributed by atoms with Crippen molar-refractivity contribution >= 4 is 11.6 Å². The number of aromatic nitrogens is 2. The molecule has 0 radical (unpaired) electrons. The molecule has 0 spiro atoms. The van der Waals surface area contributed by atoms with E-state index in [0.29, 0.717) is 11.4 Å². The van der Waals surface area contributed by atoms with Crippen molar-refractivity contribution in [3.05, 3.63) is 66.9 Å². The van der Waals surface area contributed by atoms with Gasteiger partial charge in [-0.3, -0.25) is 14.8 Å². The van der Waals surface area contributed by atoms with Gasteiger partial charge >= 0.3 is 0 Å². The summed E-state index contributed by atoms with van der Waals surface area (Å²) in [6.07, 6.45) is 6.58. The minimum atomic E-state index is -0.312. The van der Waals surface area contributed by atoms with Crippen molar-refractivity contribution < 1.29 is 9.21 Å². The summed E-state index contributed by atoms with van der Waals surface area (Å²) >= 11 is 0. The molecule has 98 valence electrons. The fourth-order valence-corrected chi connectivity index (χ4v) is 1.75. The average molecular weight is 265 g/mol. The van der Waals surface area contributed by atoms with Gasteiger partial charge in [0, 0.05) is 24.2 Å². The molecule has 0 bridgehead atoms. The van der Waals surface area contributed by atoms with E-state index in [4.69, 9.17) is 4.42 Å². The molecule has 5 nitrogen and oxygen atoms in total. The summed E-state index contributed by atoms with van der Waals surface area (Å²) in [5.74, 6) is 0.537. The fourth-order valence-electron chi connectivity index (χ4n) is 1.75. The summed E-state index contributed by atoms with van der Waals surface area (Å²) in [5.41, 5.74) is 1.45.